The summed E-state index contributed by atoms with van der Waals surface area (Å²) < 4.78 is 0. The summed E-state index contributed by atoms with van der Waals surface area (Å²) in [7, 11) is 0. The lowest BCUT2D eigenvalue weighted by Crippen LogP contribution is -1.93. The molecule has 1 aromatic rings. The van der Waals surface area contributed by atoms with Crippen molar-refractivity contribution in [3.8, 4) is 0 Å². The van der Waals surface area contributed by atoms with Gasteiger partial charge in [0.05, 0.1) is 0 Å². The van der Waals surface area contributed by atoms with Crippen molar-refractivity contribution in [2.24, 2.45) is 0 Å². The summed E-state index contributed by atoms with van der Waals surface area (Å²) in [6, 6.07) is 4.13. The van der Waals surface area contributed by atoms with E-state index in [1.165, 1.54) is 11.1 Å². The Labute approximate surface area is 72.5 Å². The highest BCUT2D eigenvalue weighted by Crippen LogP contribution is 2.28. The van der Waals surface area contributed by atoms with Crippen LogP contribution in [0.4, 0.5) is 0 Å². The molecule has 0 bridgehead atoms. The van der Waals surface area contributed by atoms with E-state index in [1.807, 2.05) is 12.4 Å². The summed E-state index contributed by atoms with van der Waals surface area (Å²) in [6.07, 6.45) is 10.2. The largest absolute Gasteiger partial charge is 0.265 e. The van der Waals surface area contributed by atoms with Gasteiger partial charge in [-0.05, 0) is 24.6 Å². The molecule has 0 fully saturated rings. The van der Waals surface area contributed by atoms with Crippen LogP contribution in [0.15, 0.2) is 48.3 Å². The fraction of sp³-hybridized carbons (Fsp3) is 0.182. The van der Waals surface area contributed by atoms with Crippen molar-refractivity contribution in [3.63, 3.8) is 0 Å². The minimum Gasteiger partial charge on any atom is -0.265 e. The highest BCUT2D eigenvalue weighted by molar-refractivity contribution is 5.38. The van der Waals surface area contributed by atoms with Crippen molar-refractivity contribution in [1.29, 1.82) is 0 Å². The predicted molar refractivity (Wildman–Crippen MR) is 49.9 cm³/mol. The SMILES string of the molecule is CC1=CC=CC1c1ccncc1. The van der Waals surface area contributed by atoms with Gasteiger partial charge < -0.3 is 0 Å². The van der Waals surface area contributed by atoms with Crippen LogP contribution in [0.25, 0.3) is 0 Å². The third-order valence-corrected chi connectivity index (χ3v) is 2.22. The van der Waals surface area contributed by atoms with Gasteiger partial charge in [-0.15, -0.1) is 0 Å². The van der Waals surface area contributed by atoms with Gasteiger partial charge in [-0.1, -0.05) is 23.8 Å². The topological polar surface area (TPSA) is 12.9 Å². The van der Waals surface area contributed by atoms with Crippen molar-refractivity contribution >= 4 is 0 Å². The number of hydrogen-bond donors (Lipinski definition) is 0. The van der Waals surface area contributed by atoms with Gasteiger partial charge in [0.15, 0.2) is 0 Å². The minimum atomic E-state index is 0.480. The van der Waals surface area contributed by atoms with Gasteiger partial charge in [0.2, 0.25) is 0 Å². The molecule has 2 rings (SSSR count). The molecule has 0 radical (unpaired) electrons. The lowest BCUT2D eigenvalue weighted by atomic mass is 9.96. The van der Waals surface area contributed by atoms with E-state index in [9.17, 15) is 0 Å². The zero-order valence-corrected chi connectivity index (χ0v) is 7.07. The summed E-state index contributed by atoms with van der Waals surface area (Å²) >= 11 is 0. The Bertz CT molecular complexity index is 322. The third-order valence-electron chi connectivity index (χ3n) is 2.22. The van der Waals surface area contributed by atoms with Gasteiger partial charge in [0, 0.05) is 18.3 Å². The second-order valence-corrected chi connectivity index (χ2v) is 3.05. The molecule has 1 aliphatic carbocycles. The fourth-order valence-corrected chi connectivity index (χ4v) is 1.52. The molecule has 60 valence electrons. The first-order chi connectivity index (χ1) is 5.88. The first-order valence-corrected chi connectivity index (χ1v) is 4.13. The smallest absolute Gasteiger partial charge is 0.0270 e. The van der Waals surface area contributed by atoms with E-state index in [4.69, 9.17) is 0 Å². The Morgan fingerprint density at radius 3 is 2.58 bits per heavy atom. The Morgan fingerprint density at radius 2 is 2.00 bits per heavy atom. The van der Waals surface area contributed by atoms with Crippen molar-refractivity contribution in [3.05, 3.63) is 53.9 Å². The third kappa shape index (κ3) is 1.18. The van der Waals surface area contributed by atoms with Gasteiger partial charge in [-0.3, -0.25) is 4.98 Å². The van der Waals surface area contributed by atoms with Crippen LogP contribution in [0.3, 0.4) is 0 Å². The molecule has 0 aromatic carbocycles. The average molecular weight is 157 g/mol. The number of pyridine rings is 1. The van der Waals surface area contributed by atoms with Gasteiger partial charge >= 0.3 is 0 Å². The summed E-state index contributed by atoms with van der Waals surface area (Å²) in [5, 5.41) is 0. The summed E-state index contributed by atoms with van der Waals surface area (Å²) in [5.41, 5.74) is 2.73. The van der Waals surface area contributed by atoms with Crippen LogP contribution in [0.1, 0.15) is 18.4 Å². The van der Waals surface area contributed by atoms with Gasteiger partial charge in [0.25, 0.3) is 0 Å². The fourth-order valence-electron chi connectivity index (χ4n) is 1.52. The van der Waals surface area contributed by atoms with Crippen LogP contribution in [-0.4, -0.2) is 4.98 Å². The van der Waals surface area contributed by atoms with E-state index in [-0.39, 0.29) is 0 Å². The van der Waals surface area contributed by atoms with Crippen molar-refractivity contribution in [2.45, 2.75) is 12.8 Å². The van der Waals surface area contributed by atoms with Gasteiger partial charge in [-0.25, -0.2) is 0 Å². The van der Waals surface area contributed by atoms with E-state index in [0.29, 0.717) is 5.92 Å². The molecule has 0 saturated heterocycles. The van der Waals surface area contributed by atoms with E-state index in [2.05, 4.69) is 42.3 Å². The molecule has 0 spiro atoms. The highest BCUT2D eigenvalue weighted by atomic mass is 14.6. The van der Waals surface area contributed by atoms with Crippen LogP contribution in [-0.2, 0) is 0 Å². The zero-order valence-electron chi connectivity index (χ0n) is 7.07. The normalized spacial score (nSPS) is 21.1. The van der Waals surface area contributed by atoms with Crippen LogP contribution in [0.2, 0.25) is 0 Å². The summed E-state index contributed by atoms with van der Waals surface area (Å²) in [6.45, 7) is 2.16. The number of hydrogen-bond acceptors (Lipinski definition) is 1. The first kappa shape index (κ1) is 7.29. The molecular formula is C11H11N. The number of aromatic nitrogens is 1. The molecule has 1 heterocycles. The van der Waals surface area contributed by atoms with Gasteiger partial charge in [-0.2, -0.15) is 0 Å². The second-order valence-electron chi connectivity index (χ2n) is 3.05. The monoisotopic (exact) mass is 157 g/mol. The number of nitrogens with zero attached hydrogens (tertiary/aromatic N) is 1. The van der Waals surface area contributed by atoms with E-state index >= 15 is 0 Å². The predicted octanol–water partition coefficient (Wildman–Crippen LogP) is 2.68. The standard InChI is InChI=1S/C11H11N/c1-9-3-2-4-11(9)10-5-7-12-8-6-10/h2-8,11H,1H3. The lowest BCUT2D eigenvalue weighted by Gasteiger charge is -2.09. The second kappa shape index (κ2) is 2.94. The lowest BCUT2D eigenvalue weighted by molar-refractivity contribution is 1.00. The molecule has 0 N–H and O–H groups in total. The van der Waals surface area contributed by atoms with Crippen molar-refractivity contribution in [2.75, 3.05) is 0 Å². The van der Waals surface area contributed by atoms with E-state index in [0.717, 1.165) is 0 Å². The van der Waals surface area contributed by atoms with Crippen molar-refractivity contribution < 1.29 is 0 Å². The molecule has 1 heteroatoms. The maximum Gasteiger partial charge on any atom is 0.0270 e. The van der Waals surface area contributed by atoms with Crippen LogP contribution < -0.4 is 0 Å². The first-order valence-electron chi connectivity index (χ1n) is 4.13. The summed E-state index contributed by atoms with van der Waals surface area (Å²) in [4.78, 5) is 4.00. The molecule has 0 amide bonds. The molecular weight excluding hydrogens is 146 g/mol. The van der Waals surface area contributed by atoms with E-state index in [1.54, 1.807) is 0 Å². The number of allylic oxidation sites excluding steroid dienone is 4. The van der Waals surface area contributed by atoms with Gasteiger partial charge in [0.1, 0.15) is 0 Å². The highest BCUT2D eigenvalue weighted by Gasteiger charge is 2.11. The maximum absolute atomic E-state index is 4.00. The Hall–Kier alpha value is -1.37. The molecule has 1 aromatic heterocycles. The Morgan fingerprint density at radius 1 is 1.25 bits per heavy atom. The van der Waals surface area contributed by atoms with Crippen LogP contribution >= 0.6 is 0 Å². The molecule has 1 unspecified atom stereocenters. The average Bonchev–Trinajstić information content (AvgIpc) is 2.53. The van der Waals surface area contributed by atoms with E-state index < -0.39 is 0 Å². The Kier molecular flexibility index (Phi) is 1.78. The molecule has 12 heavy (non-hydrogen) atoms. The van der Waals surface area contributed by atoms with Crippen LogP contribution in [0.5, 0.6) is 0 Å². The quantitative estimate of drug-likeness (QED) is 0.610. The maximum atomic E-state index is 4.00. The summed E-state index contributed by atoms with van der Waals surface area (Å²) in [5.74, 6) is 0.480. The number of rotatable bonds is 1. The molecule has 1 nitrogen and oxygen atoms in total. The van der Waals surface area contributed by atoms with Crippen molar-refractivity contribution in [1.82, 2.24) is 4.98 Å². The molecule has 1 aliphatic rings. The minimum absolute atomic E-state index is 0.480. The van der Waals surface area contributed by atoms with Crippen LogP contribution in [0, 0.1) is 0 Å². The molecule has 0 aliphatic heterocycles. The Balaban J connectivity index is 2.33. The molecule has 0 saturated carbocycles. The zero-order chi connectivity index (χ0) is 8.39. The molecule has 1 atom stereocenters.